The third kappa shape index (κ3) is 3.38. The molecule has 0 amide bonds. The molecule has 1 fully saturated rings. The van der Waals surface area contributed by atoms with Crippen molar-refractivity contribution in [2.45, 2.75) is 38.3 Å². The number of hydrogen-bond donors (Lipinski definition) is 1. The van der Waals surface area contributed by atoms with E-state index in [4.69, 9.17) is 23.2 Å². The van der Waals surface area contributed by atoms with E-state index in [1.165, 1.54) is 25.7 Å². The summed E-state index contributed by atoms with van der Waals surface area (Å²) in [6.45, 7) is 0.636. The SMILES string of the molecule is Clc1c(Br)ccc(NCc2ccn(C3CCCC3)n2)c1Cl. The third-order valence-electron chi connectivity index (χ3n) is 3.86. The average molecular weight is 389 g/mol. The fourth-order valence-corrected chi connectivity index (χ4v) is 3.53. The average Bonchev–Trinajstić information content (AvgIpc) is 3.14. The number of nitrogens with one attached hydrogen (secondary N) is 1. The molecule has 2 aromatic rings. The van der Waals surface area contributed by atoms with Gasteiger partial charge in [-0.2, -0.15) is 5.10 Å². The predicted molar refractivity (Wildman–Crippen MR) is 91.2 cm³/mol. The first-order chi connectivity index (χ1) is 10.1. The number of benzene rings is 1. The Morgan fingerprint density at radius 1 is 1.19 bits per heavy atom. The molecule has 1 aliphatic carbocycles. The largest absolute Gasteiger partial charge is 0.378 e. The van der Waals surface area contributed by atoms with Crippen LogP contribution < -0.4 is 5.32 Å². The Hall–Kier alpha value is -0.710. The van der Waals surface area contributed by atoms with Gasteiger partial charge < -0.3 is 5.32 Å². The quantitative estimate of drug-likeness (QED) is 0.682. The van der Waals surface area contributed by atoms with Gasteiger partial charge in [0.25, 0.3) is 0 Å². The predicted octanol–water partition coefficient (Wildman–Crippen LogP) is 5.68. The summed E-state index contributed by atoms with van der Waals surface area (Å²) in [5, 5.41) is 8.99. The number of nitrogens with zero attached hydrogens (tertiary/aromatic N) is 2. The van der Waals surface area contributed by atoms with E-state index in [1.807, 2.05) is 12.1 Å². The molecule has 0 aliphatic heterocycles. The summed E-state index contributed by atoms with van der Waals surface area (Å²) in [6.07, 6.45) is 7.17. The summed E-state index contributed by atoms with van der Waals surface area (Å²) in [4.78, 5) is 0. The highest BCUT2D eigenvalue weighted by Gasteiger charge is 2.17. The summed E-state index contributed by atoms with van der Waals surface area (Å²) in [5.41, 5.74) is 1.83. The molecule has 3 rings (SSSR count). The van der Waals surface area contributed by atoms with Gasteiger partial charge in [0.2, 0.25) is 0 Å². The number of rotatable bonds is 4. The highest BCUT2D eigenvalue weighted by atomic mass is 79.9. The van der Waals surface area contributed by atoms with Gasteiger partial charge in [0, 0.05) is 10.7 Å². The molecule has 0 unspecified atom stereocenters. The van der Waals surface area contributed by atoms with Gasteiger partial charge >= 0.3 is 0 Å². The molecule has 6 heteroatoms. The molecule has 1 aromatic carbocycles. The van der Waals surface area contributed by atoms with Gasteiger partial charge in [-0.15, -0.1) is 0 Å². The van der Waals surface area contributed by atoms with Crippen molar-refractivity contribution in [1.82, 2.24) is 9.78 Å². The molecule has 1 heterocycles. The number of hydrogen-bond acceptors (Lipinski definition) is 2. The Balaban J connectivity index is 1.66. The third-order valence-corrected chi connectivity index (χ3v) is 5.63. The van der Waals surface area contributed by atoms with Crippen molar-refractivity contribution in [3.8, 4) is 0 Å². The number of anilines is 1. The summed E-state index contributed by atoms with van der Waals surface area (Å²) in [5.74, 6) is 0. The van der Waals surface area contributed by atoms with Gasteiger partial charge in [0.05, 0.1) is 34.0 Å². The minimum atomic E-state index is 0.526. The van der Waals surface area contributed by atoms with Crippen LogP contribution >= 0.6 is 39.1 Å². The van der Waals surface area contributed by atoms with Crippen LogP contribution in [0.15, 0.2) is 28.9 Å². The van der Waals surface area contributed by atoms with Crippen LogP contribution in [0, 0.1) is 0 Å². The maximum Gasteiger partial charge on any atom is 0.0835 e. The topological polar surface area (TPSA) is 29.9 Å². The minimum Gasteiger partial charge on any atom is -0.378 e. The lowest BCUT2D eigenvalue weighted by Gasteiger charge is -2.10. The van der Waals surface area contributed by atoms with Crippen molar-refractivity contribution in [1.29, 1.82) is 0 Å². The normalized spacial score (nSPS) is 15.6. The Labute approximate surface area is 142 Å². The zero-order valence-corrected chi connectivity index (χ0v) is 14.5. The van der Waals surface area contributed by atoms with Gasteiger partial charge in [0.15, 0.2) is 0 Å². The second-order valence-corrected chi connectivity index (χ2v) is 6.91. The fraction of sp³-hybridized carbons (Fsp3) is 0.400. The summed E-state index contributed by atoms with van der Waals surface area (Å²) in [6, 6.07) is 6.42. The number of aromatic nitrogens is 2. The van der Waals surface area contributed by atoms with Crippen molar-refractivity contribution in [2.24, 2.45) is 0 Å². The van der Waals surface area contributed by atoms with Crippen molar-refractivity contribution in [2.75, 3.05) is 5.32 Å². The van der Waals surface area contributed by atoms with Gasteiger partial charge in [0.1, 0.15) is 0 Å². The second-order valence-electron chi connectivity index (χ2n) is 5.30. The van der Waals surface area contributed by atoms with E-state index in [0.717, 1.165) is 15.9 Å². The van der Waals surface area contributed by atoms with Crippen molar-refractivity contribution in [3.05, 3.63) is 44.6 Å². The molecule has 1 aromatic heterocycles. The van der Waals surface area contributed by atoms with E-state index in [-0.39, 0.29) is 0 Å². The Morgan fingerprint density at radius 2 is 1.95 bits per heavy atom. The monoisotopic (exact) mass is 387 g/mol. The molecule has 112 valence electrons. The minimum absolute atomic E-state index is 0.526. The molecule has 3 nitrogen and oxygen atoms in total. The molecule has 1 saturated carbocycles. The van der Waals surface area contributed by atoms with Crippen LogP contribution in [0.1, 0.15) is 37.4 Å². The zero-order chi connectivity index (χ0) is 14.8. The van der Waals surface area contributed by atoms with E-state index < -0.39 is 0 Å². The lowest BCUT2D eigenvalue weighted by atomic mass is 10.3. The molecule has 21 heavy (non-hydrogen) atoms. The van der Waals surface area contributed by atoms with E-state index >= 15 is 0 Å². The molecule has 1 aliphatic rings. The smallest absolute Gasteiger partial charge is 0.0835 e. The lowest BCUT2D eigenvalue weighted by molar-refractivity contribution is 0.463. The highest BCUT2D eigenvalue weighted by molar-refractivity contribution is 9.10. The number of halogens is 3. The highest BCUT2D eigenvalue weighted by Crippen LogP contribution is 2.36. The van der Waals surface area contributed by atoms with Crippen LogP contribution in [-0.2, 0) is 6.54 Å². The van der Waals surface area contributed by atoms with E-state index in [2.05, 4.69) is 43.3 Å². The van der Waals surface area contributed by atoms with Crippen LogP contribution in [0.3, 0.4) is 0 Å². The Kier molecular flexibility index (Phi) is 4.77. The molecular weight excluding hydrogens is 373 g/mol. The van der Waals surface area contributed by atoms with Crippen molar-refractivity contribution >= 4 is 44.8 Å². The summed E-state index contributed by atoms with van der Waals surface area (Å²) >= 11 is 15.7. The second kappa shape index (κ2) is 6.59. The van der Waals surface area contributed by atoms with Crippen molar-refractivity contribution < 1.29 is 0 Å². The van der Waals surface area contributed by atoms with Gasteiger partial charge in [-0.25, -0.2) is 0 Å². The standard InChI is InChI=1S/C15H16BrCl2N3/c16-12-5-6-13(15(18)14(12)17)19-9-10-7-8-21(20-10)11-3-1-2-4-11/h5-8,11,19H,1-4,9H2. The van der Waals surface area contributed by atoms with Crippen LogP contribution in [-0.4, -0.2) is 9.78 Å². The first kappa shape index (κ1) is 15.2. The summed E-state index contributed by atoms with van der Waals surface area (Å²) < 4.78 is 2.89. The van der Waals surface area contributed by atoms with E-state index in [0.29, 0.717) is 22.6 Å². The van der Waals surface area contributed by atoms with E-state index in [9.17, 15) is 0 Å². The molecule has 0 saturated heterocycles. The maximum atomic E-state index is 6.22. The lowest BCUT2D eigenvalue weighted by Crippen LogP contribution is -2.07. The fourth-order valence-electron chi connectivity index (χ4n) is 2.69. The van der Waals surface area contributed by atoms with Gasteiger partial charge in [-0.1, -0.05) is 36.0 Å². The van der Waals surface area contributed by atoms with Gasteiger partial charge in [-0.3, -0.25) is 4.68 Å². The molecule has 0 atom stereocenters. The molecular formula is C15H16BrCl2N3. The van der Waals surface area contributed by atoms with Crippen molar-refractivity contribution in [3.63, 3.8) is 0 Å². The maximum absolute atomic E-state index is 6.22. The molecule has 0 bridgehead atoms. The molecule has 0 radical (unpaired) electrons. The molecule has 0 spiro atoms. The van der Waals surface area contributed by atoms with Gasteiger partial charge in [-0.05, 0) is 47.0 Å². The van der Waals surface area contributed by atoms with Crippen LogP contribution in [0.25, 0.3) is 0 Å². The van der Waals surface area contributed by atoms with Crippen LogP contribution in [0.2, 0.25) is 10.0 Å². The Bertz CT molecular complexity index is 636. The first-order valence-electron chi connectivity index (χ1n) is 7.06. The zero-order valence-electron chi connectivity index (χ0n) is 11.5. The van der Waals surface area contributed by atoms with Crippen LogP contribution in [0.4, 0.5) is 5.69 Å². The Morgan fingerprint density at radius 3 is 2.71 bits per heavy atom. The molecule has 1 N–H and O–H groups in total. The van der Waals surface area contributed by atoms with Crippen LogP contribution in [0.5, 0.6) is 0 Å². The summed E-state index contributed by atoms with van der Waals surface area (Å²) in [7, 11) is 0. The first-order valence-corrected chi connectivity index (χ1v) is 8.61. The van der Waals surface area contributed by atoms with E-state index in [1.54, 1.807) is 0 Å².